The van der Waals surface area contributed by atoms with Crippen LogP contribution in [-0.4, -0.2) is 0 Å². The summed E-state index contributed by atoms with van der Waals surface area (Å²) in [5.41, 5.74) is 1.28. The van der Waals surface area contributed by atoms with Gasteiger partial charge in [0, 0.05) is 17.1 Å². The van der Waals surface area contributed by atoms with Crippen LogP contribution >= 0.6 is 31.9 Å². The fourth-order valence-electron chi connectivity index (χ4n) is 1.46. The predicted octanol–water partition coefficient (Wildman–Crippen LogP) is 5.10. The molecule has 2 aromatic rings. The number of halogens is 4. The predicted molar refractivity (Wildman–Crippen MR) is 75.5 cm³/mol. The minimum Gasteiger partial charge on any atom is -0.379 e. The number of hydrogen-bond donors (Lipinski definition) is 1. The van der Waals surface area contributed by atoms with Crippen molar-refractivity contribution in [3.05, 3.63) is 62.5 Å². The molecule has 0 aromatic heterocycles. The zero-order valence-corrected chi connectivity index (χ0v) is 12.4. The molecule has 2 rings (SSSR count). The van der Waals surface area contributed by atoms with E-state index in [9.17, 15) is 8.78 Å². The van der Waals surface area contributed by atoms with Crippen molar-refractivity contribution in [2.45, 2.75) is 6.54 Å². The maximum atomic E-state index is 13.5. The highest BCUT2D eigenvalue weighted by atomic mass is 79.9. The molecule has 0 spiro atoms. The van der Waals surface area contributed by atoms with Gasteiger partial charge in [-0.25, -0.2) is 8.78 Å². The minimum absolute atomic E-state index is 0.238. The number of anilines is 1. The van der Waals surface area contributed by atoms with Gasteiger partial charge >= 0.3 is 0 Å². The molecule has 0 saturated heterocycles. The molecule has 0 unspecified atom stereocenters. The second kappa shape index (κ2) is 5.80. The van der Waals surface area contributed by atoms with Gasteiger partial charge in [-0.1, -0.05) is 28.1 Å². The van der Waals surface area contributed by atoms with Gasteiger partial charge in [0.1, 0.15) is 11.6 Å². The van der Waals surface area contributed by atoms with Crippen molar-refractivity contribution in [1.82, 2.24) is 0 Å². The van der Waals surface area contributed by atoms with E-state index in [0.29, 0.717) is 6.54 Å². The lowest BCUT2D eigenvalue weighted by Crippen LogP contribution is -2.02. The average molecular weight is 377 g/mol. The summed E-state index contributed by atoms with van der Waals surface area (Å²) in [6.07, 6.45) is 0. The molecule has 0 radical (unpaired) electrons. The van der Waals surface area contributed by atoms with Crippen LogP contribution in [0.1, 0.15) is 5.56 Å². The third-order valence-corrected chi connectivity index (χ3v) is 3.54. The van der Waals surface area contributed by atoms with Gasteiger partial charge < -0.3 is 5.32 Å². The first-order chi connectivity index (χ1) is 8.56. The molecule has 0 aliphatic heterocycles. The Morgan fingerprint density at radius 3 is 2.28 bits per heavy atom. The van der Waals surface area contributed by atoms with E-state index in [4.69, 9.17) is 0 Å². The Kier molecular flexibility index (Phi) is 4.35. The second-order valence-corrected chi connectivity index (χ2v) is 5.50. The largest absolute Gasteiger partial charge is 0.379 e. The Morgan fingerprint density at radius 1 is 0.944 bits per heavy atom. The van der Waals surface area contributed by atoms with Gasteiger partial charge in [0.25, 0.3) is 0 Å². The third kappa shape index (κ3) is 3.29. The average Bonchev–Trinajstić information content (AvgIpc) is 2.34. The van der Waals surface area contributed by atoms with Crippen molar-refractivity contribution >= 4 is 37.5 Å². The lowest BCUT2D eigenvalue weighted by molar-refractivity contribution is 0.580. The van der Waals surface area contributed by atoms with Gasteiger partial charge in [0.15, 0.2) is 0 Å². The first-order valence-corrected chi connectivity index (χ1v) is 6.78. The Bertz CT molecular complexity index is 556. The second-order valence-electron chi connectivity index (χ2n) is 3.73. The standard InChI is InChI=1S/C13H9Br2F2N/c14-9-3-1-8(2-4-9)7-18-13-5-10(15)11(16)6-12(13)17/h1-6,18H,7H2. The molecule has 5 heteroatoms. The van der Waals surface area contributed by atoms with E-state index >= 15 is 0 Å². The van der Waals surface area contributed by atoms with Crippen LogP contribution in [0.25, 0.3) is 0 Å². The molecule has 94 valence electrons. The number of benzene rings is 2. The van der Waals surface area contributed by atoms with E-state index in [2.05, 4.69) is 37.2 Å². The fourth-order valence-corrected chi connectivity index (χ4v) is 2.07. The monoisotopic (exact) mass is 375 g/mol. The van der Waals surface area contributed by atoms with Crippen molar-refractivity contribution in [2.24, 2.45) is 0 Å². The van der Waals surface area contributed by atoms with E-state index in [1.807, 2.05) is 24.3 Å². The third-order valence-electron chi connectivity index (χ3n) is 2.41. The summed E-state index contributed by atoms with van der Waals surface area (Å²) in [7, 11) is 0. The highest BCUT2D eigenvalue weighted by Crippen LogP contribution is 2.24. The molecule has 0 amide bonds. The van der Waals surface area contributed by atoms with Crippen LogP contribution in [0, 0.1) is 11.6 Å². The molecular weight excluding hydrogens is 368 g/mol. The van der Waals surface area contributed by atoms with Crippen molar-refractivity contribution in [3.63, 3.8) is 0 Å². The summed E-state index contributed by atoms with van der Waals surface area (Å²) < 4.78 is 27.7. The summed E-state index contributed by atoms with van der Waals surface area (Å²) in [4.78, 5) is 0. The van der Waals surface area contributed by atoms with E-state index < -0.39 is 11.6 Å². The number of rotatable bonds is 3. The van der Waals surface area contributed by atoms with Crippen LogP contribution in [0.15, 0.2) is 45.3 Å². The van der Waals surface area contributed by atoms with Crippen LogP contribution in [0.3, 0.4) is 0 Å². The molecule has 0 bridgehead atoms. The minimum atomic E-state index is -0.610. The smallest absolute Gasteiger partial charge is 0.149 e. The van der Waals surface area contributed by atoms with Gasteiger partial charge in [-0.2, -0.15) is 0 Å². The zero-order valence-electron chi connectivity index (χ0n) is 9.18. The number of hydrogen-bond acceptors (Lipinski definition) is 1. The molecule has 0 saturated carbocycles. The van der Waals surface area contributed by atoms with Crippen LogP contribution in [-0.2, 0) is 6.54 Å². The van der Waals surface area contributed by atoms with E-state index in [0.717, 1.165) is 16.1 Å². The Morgan fingerprint density at radius 2 is 1.61 bits per heavy atom. The first-order valence-electron chi connectivity index (χ1n) is 5.19. The lowest BCUT2D eigenvalue weighted by Gasteiger charge is -2.09. The normalized spacial score (nSPS) is 10.4. The SMILES string of the molecule is Fc1cc(F)c(NCc2ccc(Br)cc2)cc1Br. The Hall–Kier alpha value is -0.940. The first kappa shape index (κ1) is 13.5. The zero-order chi connectivity index (χ0) is 13.1. The van der Waals surface area contributed by atoms with Gasteiger partial charge in [0.05, 0.1) is 10.2 Å². The highest BCUT2D eigenvalue weighted by molar-refractivity contribution is 9.10. The highest BCUT2D eigenvalue weighted by Gasteiger charge is 2.07. The fraction of sp³-hybridized carbons (Fsp3) is 0.0769. The van der Waals surface area contributed by atoms with Gasteiger partial charge in [0.2, 0.25) is 0 Å². The Labute approximate surface area is 120 Å². The topological polar surface area (TPSA) is 12.0 Å². The van der Waals surface area contributed by atoms with E-state index in [1.165, 1.54) is 6.07 Å². The molecule has 0 aliphatic rings. The molecular formula is C13H9Br2F2N. The van der Waals surface area contributed by atoms with E-state index in [1.54, 1.807) is 0 Å². The van der Waals surface area contributed by atoms with Gasteiger partial charge in [-0.15, -0.1) is 0 Å². The molecule has 0 atom stereocenters. The quantitative estimate of drug-likeness (QED) is 0.734. The van der Waals surface area contributed by atoms with Crippen molar-refractivity contribution in [2.75, 3.05) is 5.32 Å². The van der Waals surface area contributed by atoms with Crippen molar-refractivity contribution < 1.29 is 8.78 Å². The maximum absolute atomic E-state index is 13.5. The maximum Gasteiger partial charge on any atom is 0.149 e. The van der Waals surface area contributed by atoms with Crippen LogP contribution in [0.5, 0.6) is 0 Å². The van der Waals surface area contributed by atoms with Gasteiger partial charge in [-0.3, -0.25) is 0 Å². The summed E-state index contributed by atoms with van der Waals surface area (Å²) in [5, 5.41) is 2.93. The molecule has 1 nitrogen and oxygen atoms in total. The number of nitrogens with one attached hydrogen (secondary N) is 1. The van der Waals surface area contributed by atoms with Crippen molar-refractivity contribution in [3.8, 4) is 0 Å². The molecule has 0 heterocycles. The summed E-state index contributed by atoms with van der Waals surface area (Å²) in [6.45, 7) is 0.474. The summed E-state index contributed by atoms with van der Waals surface area (Å²) in [6, 6.07) is 9.92. The molecule has 2 aromatic carbocycles. The van der Waals surface area contributed by atoms with Crippen molar-refractivity contribution in [1.29, 1.82) is 0 Å². The van der Waals surface area contributed by atoms with Crippen LogP contribution in [0.2, 0.25) is 0 Å². The van der Waals surface area contributed by atoms with Crippen LogP contribution in [0.4, 0.5) is 14.5 Å². The van der Waals surface area contributed by atoms with E-state index in [-0.39, 0.29) is 10.2 Å². The van der Waals surface area contributed by atoms with Crippen LogP contribution < -0.4 is 5.32 Å². The molecule has 18 heavy (non-hydrogen) atoms. The Balaban J connectivity index is 2.10. The van der Waals surface area contributed by atoms with Gasteiger partial charge in [-0.05, 0) is 39.7 Å². The summed E-state index contributed by atoms with van der Waals surface area (Å²) >= 11 is 6.37. The lowest BCUT2D eigenvalue weighted by atomic mass is 10.2. The molecule has 0 aliphatic carbocycles. The molecule has 1 N–H and O–H groups in total. The molecule has 0 fully saturated rings. The summed E-state index contributed by atoms with van der Waals surface area (Å²) in [5.74, 6) is -1.21.